The fraction of sp³-hybridized carbons (Fsp3) is 0.476. The van der Waals surface area contributed by atoms with Gasteiger partial charge in [0.15, 0.2) is 0 Å². The van der Waals surface area contributed by atoms with Gasteiger partial charge in [-0.1, -0.05) is 6.92 Å². The summed E-state index contributed by atoms with van der Waals surface area (Å²) in [6.07, 6.45) is 3.95. The summed E-state index contributed by atoms with van der Waals surface area (Å²) >= 11 is 0. The van der Waals surface area contributed by atoms with E-state index in [2.05, 4.69) is 10.3 Å². The van der Waals surface area contributed by atoms with Crippen molar-refractivity contribution in [1.82, 2.24) is 10.3 Å². The third-order valence-corrected chi connectivity index (χ3v) is 4.94. The molecule has 2 aromatic rings. The molecule has 1 aromatic carbocycles. The monoisotopic (exact) mass is 385 g/mol. The van der Waals surface area contributed by atoms with Crippen LogP contribution in [0.4, 0.5) is 0 Å². The van der Waals surface area contributed by atoms with E-state index >= 15 is 0 Å². The molecule has 2 amide bonds. The lowest BCUT2D eigenvalue weighted by atomic mass is 10.0. The summed E-state index contributed by atoms with van der Waals surface area (Å²) in [5.41, 5.74) is 5.83. The Labute approximate surface area is 164 Å². The second kappa shape index (κ2) is 8.46. The molecule has 2 heterocycles. The molecule has 3 N–H and O–H groups in total. The number of hydrogen-bond acceptors (Lipinski definition) is 5. The van der Waals surface area contributed by atoms with Gasteiger partial charge in [0.25, 0.3) is 5.91 Å². The van der Waals surface area contributed by atoms with Gasteiger partial charge >= 0.3 is 0 Å². The number of hydrogen-bond donors (Lipinski definition) is 2. The van der Waals surface area contributed by atoms with Gasteiger partial charge in [0, 0.05) is 30.0 Å². The van der Waals surface area contributed by atoms with E-state index < -0.39 is 5.91 Å². The minimum Gasteiger partial charge on any atom is -0.490 e. The van der Waals surface area contributed by atoms with Crippen LogP contribution in [0.3, 0.4) is 0 Å². The van der Waals surface area contributed by atoms with Gasteiger partial charge in [-0.3, -0.25) is 9.59 Å². The molecule has 0 unspecified atom stereocenters. The lowest BCUT2D eigenvalue weighted by Gasteiger charge is -2.16. The first kappa shape index (κ1) is 19.9. The third kappa shape index (κ3) is 4.35. The Hall–Kier alpha value is -2.83. The summed E-state index contributed by atoms with van der Waals surface area (Å²) < 4.78 is 11.7. The van der Waals surface area contributed by atoms with E-state index in [1.165, 1.54) is 0 Å². The first-order valence-electron chi connectivity index (χ1n) is 9.71. The summed E-state index contributed by atoms with van der Waals surface area (Å²) in [5, 5.41) is 4.57. The molecule has 0 aliphatic carbocycles. The lowest BCUT2D eigenvalue weighted by molar-refractivity contribution is -0.122. The first-order valence-corrected chi connectivity index (χ1v) is 9.71. The van der Waals surface area contributed by atoms with E-state index in [0.29, 0.717) is 23.8 Å². The molecular formula is C21H27N3O4. The van der Waals surface area contributed by atoms with Crippen molar-refractivity contribution in [2.75, 3.05) is 6.61 Å². The Morgan fingerprint density at radius 2 is 2.18 bits per heavy atom. The number of benzene rings is 1. The molecule has 0 radical (unpaired) electrons. The number of aromatic nitrogens is 1. The molecule has 2 atom stereocenters. The van der Waals surface area contributed by atoms with Crippen molar-refractivity contribution < 1.29 is 19.1 Å². The Balaban J connectivity index is 1.77. The average Bonchev–Trinajstić information content (AvgIpc) is 3.00. The van der Waals surface area contributed by atoms with Gasteiger partial charge in [-0.2, -0.15) is 0 Å². The third-order valence-electron chi connectivity index (χ3n) is 4.94. The largest absolute Gasteiger partial charge is 0.490 e. The van der Waals surface area contributed by atoms with Crippen molar-refractivity contribution in [3.05, 3.63) is 30.0 Å². The van der Waals surface area contributed by atoms with Gasteiger partial charge in [0.2, 0.25) is 11.8 Å². The van der Waals surface area contributed by atoms with Crippen LogP contribution >= 0.6 is 0 Å². The molecule has 150 valence electrons. The highest BCUT2D eigenvalue weighted by atomic mass is 16.5. The number of ether oxygens (including phenoxy) is 2. The first-order chi connectivity index (χ1) is 13.4. The fourth-order valence-electron chi connectivity index (χ4n) is 3.50. The zero-order valence-electron chi connectivity index (χ0n) is 16.5. The fourth-order valence-corrected chi connectivity index (χ4v) is 3.50. The van der Waals surface area contributed by atoms with Gasteiger partial charge in [-0.05, 0) is 50.3 Å². The van der Waals surface area contributed by atoms with E-state index in [4.69, 9.17) is 15.2 Å². The van der Waals surface area contributed by atoms with E-state index in [9.17, 15) is 9.59 Å². The highest BCUT2D eigenvalue weighted by Gasteiger charge is 2.30. The average molecular weight is 385 g/mol. The Morgan fingerprint density at radius 1 is 1.39 bits per heavy atom. The van der Waals surface area contributed by atoms with E-state index in [1.807, 2.05) is 20.8 Å². The van der Waals surface area contributed by atoms with Crippen LogP contribution in [0.2, 0.25) is 0 Å². The Morgan fingerprint density at radius 3 is 2.82 bits per heavy atom. The highest BCUT2D eigenvalue weighted by molar-refractivity contribution is 6.01. The maximum Gasteiger partial charge on any atom is 0.252 e. The SMILES string of the molecule is CC[C@@H]1C[C@@H](CCOc2nccc3cc(C(N)=O)c(OC(C)C)cc23)NC1=O. The normalized spacial score (nSPS) is 19.1. The predicted octanol–water partition coefficient (Wildman–Crippen LogP) is 2.80. The Bertz CT molecular complexity index is 881. The number of nitrogens with zero attached hydrogens (tertiary/aromatic N) is 1. The number of pyridine rings is 1. The van der Waals surface area contributed by atoms with Crippen molar-refractivity contribution in [2.24, 2.45) is 11.7 Å². The quantitative estimate of drug-likeness (QED) is 0.727. The van der Waals surface area contributed by atoms with Crippen LogP contribution in [0.15, 0.2) is 24.4 Å². The van der Waals surface area contributed by atoms with Crippen LogP contribution in [-0.2, 0) is 4.79 Å². The van der Waals surface area contributed by atoms with Crippen molar-refractivity contribution in [2.45, 2.75) is 52.2 Å². The summed E-state index contributed by atoms with van der Waals surface area (Å²) in [6, 6.07) is 5.39. The van der Waals surface area contributed by atoms with Crippen molar-refractivity contribution in [3.63, 3.8) is 0 Å². The van der Waals surface area contributed by atoms with E-state index in [0.717, 1.165) is 30.0 Å². The van der Waals surface area contributed by atoms with Gasteiger partial charge in [-0.15, -0.1) is 0 Å². The van der Waals surface area contributed by atoms with Crippen molar-refractivity contribution in [1.29, 1.82) is 0 Å². The summed E-state index contributed by atoms with van der Waals surface area (Å²) in [4.78, 5) is 27.9. The van der Waals surface area contributed by atoms with Crippen LogP contribution in [0, 0.1) is 5.92 Å². The summed E-state index contributed by atoms with van der Waals surface area (Å²) in [5.74, 6) is 0.577. The van der Waals surface area contributed by atoms with Crippen LogP contribution in [0.1, 0.15) is 50.4 Å². The topological polar surface area (TPSA) is 104 Å². The molecule has 1 fully saturated rings. The Kier molecular flexibility index (Phi) is 6.02. The number of nitrogens with one attached hydrogen (secondary N) is 1. The molecule has 1 aliphatic rings. The summed E-state index contributed by atoms with van der Waals surface area (Å²) in [6.45, 7) is 6.23. The number of rotatable bonds is 8. The minimum atomic E-state index is -0.542. The molecule has 0 bridgehead atoms. The molecule has 28 heavy (non-hydrogen) atoms. The van der Waals surface area contributed by atoms with Gasteiger partial charge in [0.05, 0.1) is 18.3 Å². The standard InChI is InChI=1S/C21H27N3O4/c1-4-13-9-15(24-20(13)26)6-8-27-21-16-11-18(28-12(2)3)17(19(22)25)10-14(16)5-7-23-21/h5,7,10-13,15H,4,6,8-9H2,1-3H3,(H2,22,25)(H,24,26)/t13-,15-/m1/s1. The number of nitrogens with two attached hydrogens (primary N) is 1. The molecule has 3 rings (SSSR count). The minimum absolute atomic E-state index is 0.101. The predicted molar refractivity (Wildman–Crippen MR) is 106 cm³/mol. The van der Waals surface area contributed by atoms with Crippen molar-refractivity contribution in [3.8, 4) is 11.6 Å². The van der Waals surface area contributed by atoms with Crippen LogP contribution in [0.25, 0.3) is 10.8 Å². The smallest absolute Gasteiger partial charge is 0.252 e. The van der Waals surface area contributed by atoms with E-state index in [1.54, 1.807) is 24.4 Å². The second-order valence-corrected chi connectivity index (χ2v) is 7.40. The number of fused-ring (bicyclic) bond motifs is 1. The molecule has 1 saturated heterocycles. The summed E-state index contributed by atoms with van der Waals surface area (Å²) in [7, 11) is 0. The van der Waals surface area contributed by atoms with Crippen molar-refractivity contribution >= 4 is 22.6 Å². The van der Waals surface area contributed by atoms with Gasteiger partial charge in [-0.25, -0.2) is 4.98 Å². The molecule has 1 aliphatic heterocycles. The van der Waals surface area contributed by atoms with Gasteiger partial charge in [0.1, 0.15) is 5.75 Å². The molecule has 7 heteroatoms. The number of carbonyl (C=O) groups is 2. The van der Waals surface area contributed by atoms with Crippen LogP contribution in [-0.4, -0.2) is 35.6 Å². The van der Waals surface area contributed by atoms with E-state index in [-0.39, 0.29) is 24.0 Å². The zero-order chi connectivity index (χ0) is 20.3. The lowest BCUT2D eigenvalue weighted by Crippen LogP contribution is -2.27. The van der Waals surface area contributed by atoms with Crippen LogP contribution in [0.5, 0.6) is 11.6 Å². The maximum absolute atomic E-state index is 11.8. The highest BCUT2D eigenvalue weighted by Crippen LogP contribution is 2.31. The van der Waals surface area contributed by atoms with Crippen LogP contribution < -0.4 is 20.5 Å². The number of carbonyl (C=O) groups excluding carboxylic acids is 2. The number of amides is 2. The molecular weight excluding hydrogens is 358 g/mol. The molecule has 7 nitrogen and oxygen atoms in total. The maximum atomic E-state index is 11.8. The molecule has 1 aromatic heterocycles. The number of primary amides is 1. The zero-order valence-corrected chi connectivity index (χ0v) is 16.5. The van der Waals surface area contributed by atoms with Gasteiger partial charge < -0.3 is 20.5 Å². The molecule has 0 spiro atoms. The molecule has 0 saturated carbocycles. The second-order valence-electron chi connectivity index (χ2n) is 7.40.